The summed E-state index contributed by atoms with van der Waals surface area (Å²) in [5, 5.41) is 3.11. The van der Waals surface area contributed by atoms with E-state index in [1.54, 1.807) is 25.1 Å². The van der Waals surface area contributed by atoms with Gasteiger partial charge in [-0.3, -0.25) is 0 Å². The highest BCUT2D eigenvalue weighted by molar-refractivity contribution is 5.81. The van der Waals surface area contributed by atoms with Crippen LogP contribution in [0.2, 0.25) is 0 Å². The molecule has 5 heteroatoms. The van der Waals surface area contributed by atoms with Crippen molar-refractivity contribution in [3.8, 4) is 0 Å². The van der Waals surface area contributed by atoms with E-state index in [-0.39, 0.29) is 5.82 Å². The van der Waals surface area contributed by atoms with E-state index in [1.165, 1.54) is 6.07 Å². The number of fused-ring (bicyclic) bond motifs is 1. The summed E-state index contributed by atoms with van der Waals surface area (Å²) in [5.41, 5.74) is 9.46. The van der Waals surface area contributed by atoms with E-state index in [4.69, 9.17) is 5.73 Å². The van der Waals surface area contributed by atoms with Crippen LogP contribution >= 0.6 is 0 Å². The third kappa shape index (κ3) is 2.22. The zero-order chi connectivity index (χ0) is 13.4. The molecule has 1 aromatic heterocycles. The normalized spacial score (nSPS) is 10.8. The monoisotopic (exact) mass is 256 g/mol. The van der Waals surface area contributed by atoms with Crippen molar-refractivity contribution in [2.75, 3.05) is 11.1 Å². The van der Waals surface area contributed by atoms with E-state index < -0.39 is 0 Å². The van der Waals surface area contributed by atoms with Crippen molar-refractivity contribution >= 4 is 28.4 Å². The highest BCUT2D eigenvalue weighted by Crippen LogP contribution is 2.21. The molecule has 0 spiro atoms. The van der Waals surface area contributed by atoms with E-state index in [0.717, 1.165) is 16.7 Å². The topological polar surface area (TPSA) is 66.7 Å². The van der Waals surface area contributed by atoms with Gasteiger partial charge in [-0.15, -0.1) is 0 Å². The molecule has 4 nitrogen and oxygen atoms in total. The minimum absolute atomic E-state index is 0.220. The highest BCUT2D eigenvalue weighted by atomic mass is 19.1. The maximum absolute atomic E-state index is 13.2. The SMILES string of the molecule is Cc1cc(Nc2nc3ccc(N)cc3[nH]2)ccc1F. The molecule has 4 N–H and O–H groups in total. The smallest absolute Gasteiger partial charge is 0.205 e. The van der Waals surface area contributed by atoms with Gasteiger partial charge in [-0.25, -0.2) is 9.37 Å². The van der Waals surface area contributed by atoms with E-state index in [2.05, 4.69) is 15.3 Å². The van der Waals surface area contributed by atoms with Crippen LogP contribution in [-0.2, 0) is 0 Å². The largest absolute Gasteiger partial charge is 0.399 e. The second-order valence-corrected chi connectivity index (χ2v) is 4.45. The number of halogens is 1. The first-order valence-electron chi connectivity index (χ1n) is 5.90. The number of nitrogens with zero attached hydrogens (tertiary/aromatic N) is 1. The number of anilines is 3. The van der Waals surface area contributed by atoms with Crippen molar-refractivity contribution in [2.24, 2.45) is 0 Å². The van der Waals surface area contributed by atoms with Gasteiger partial charge in [0.25, 0.3) is 0 Å². The Balaban J connectivity index is 1.94. The van der Waals surface area contributed by atoms with Gasteiger partial charge in [-0.05, 0) is 48.9 Å². The van der Waals surface area contributed by atoms with Crippen LogP contribution in [0.3, 0.4) is 0 Å². The average Bonchev–Trinajstić information content (AvgIpc) is 2.75. The van der Waals surface area contributed by atoms with Gasteiger partial charge < -0.3 is 16.0 Å². The summed E-state index contributed by atoms with van der Waals surface area (Å²) in [7, 11) is 0. The summed E-state index contributed by atoms with van der Waals surface area (Å²) >= 11 is 0. The van der Waals surface area contributed by atoms with Crippen molar-refractivity contribution in [1.29, 1.82) is 0 Å². The fourth-order valence-electron chi connectivity index (χ4n) is 1.95. The Hall–Kier alpha value is -2.56. The Morgan fingerprint density at radius 2 is 2.05 bits per heavy atom. The lowest BCUT2D eigenvalue weighted by atomic mass is 10.2. The summed E-state index contributed by atoms with van der Waals surface area (Å²) < 4.78 is 13.2. The van der Waals surface area contributed by atoms with Gasteiger partial charge in [-0.1, -0.05) is 0 Å². The molecule has 0 saturated heterocycles. The summed E-state index contributed by atoms with van der Waals surface area (Å²) in [5.74, 6) is 0.384. The number of nitrogens with two attached hydrogens (primary N) is 1. The minimum atomic E-state index is -0.220. The number of aromatic amines is 1. The predicted molar refractivity (Wildman–Crippen MR) is 74.9 cm³/mol. The number of H-pyrrole nitrogens is 1. The lowest BCUT2D eigenvalue weighted by Gasteiger charge is -2.04. The molecule has 1 heterocycles. The van der Waals surface area contributed by atoms with Crippen molar-refractivity contribution in [3.63, 3.8) is 0 Å². The Kier molecular flexibility index (Phi) is 2.59. The molecule has 3 rings (SSSR count). The molecule has 3 aromatic rings. The van der Waals surface area contributed by atoms with Crippen LogP contribution in [0.25, 0.3) is 11.0 Å². The number of aromatic nitrogens is 2. The highest BCUT2D eigenvalue weighted by Gasteiger charge is 2.04. The van der Waals surface area contributed by atoms with E-state index in [0.29, 0.717) is 17.2 Å². The number of aryl methyl sites for hydroxylation is 1. The third-order valence-corrected chi connectivity index (χ3v) is 2.93. The number of nitrogens with one attached hydrogen (secondary N) is 2. The van der Waals surface area contributed by atoms with Crippen LogP contribution in [0.1, 0.15) is 5.56 Å². The van der Waals surface area contributed by atoms with Crippen molar-refractivity contribution in [1.82, 2.24) is 9.97 Å². The minimum Gasteiger partial charge on any atom is -0.399 e. The van der Waals surface area contributed by atoms with E-state index >= 15 is 0 Å². The number of hydrogen-bond donors (Lipinski definition) is 3. The van der Waals surface area contributed by atoms with Gasteiger partial charge in [0.05, 0.1) is 11.0 Å². The number of nitrogen functional groups attached to an aromatic ring is 1. The number of hydrogen-bond acceptors (Lipinski definition) is 3. The molecule has 0 amide bonds. The zero-order valence-electron chi connectivity index (χ0n) is 10.4. The van der Waals surface area contributed by atoms with Crippen LogP contribution in [0.15, 0.2) is 36.4 Å². The predicted octanol–water partition coefficient (Wildman–Crippen LogP) is 3.34. The fraction of sp³-hybridized carbons (Fsp3) is 0.0714. The van der Waals surface area contributed by atoms with Gasteiger partial charge in [-0.2, -0.15) is 0 Å². The summed E-state index contributed by atoms with van der Waals surface area (Å²) in [4.78, 5) is 7.51. The first-order valence-corrected chi connectivity index (χ1v) is 5.90. The quantitative estimate of drug-likeness (QED) is 0.616. The molecule has 19 heavy (non-hydrogen) atoms. The molecule has 2 aromatic carbocycles. The Bertz CT molecular complexity index is 748. The molecule has 0 saturated carbocycles. The summed E-state index contributed by atoms with van der Waals surface area (Å²) in [6, 6.07) is 10.3. The molecule has 0 bridgehead atoms. The number of imidazole rings is 1. The van der Waals surface area contributed by atoms with Crippen LogP contribution in [0.4, 0.5) is 21.7 Å². The van der Waals surface area contributed by atoms with Crippen LogP contribution in [0.5, 0.6) is 0 Å². The second kappa shape index (κ2) is 4.28. The molecule has 0 aliphatic rings. The van der Waals surface area contributed by atoms with E-state index in [9.17, 15) is 4.39 Å². The van der Waals surface area contributed by atoms with Crippen LogP contribution < -0.4 is 11.1 Å². The van der Waals surface area contributed by atoms with Gasteiger partial charge in [0.1, 0.15) is 5.82 Å². The maximum Gasteiger partial charge on any atom is 0.205 e. The molecule has 0 radical (unpaired) electrons. The third-order valence-electron chi connectivity index (χ3n) is 2.93. The molecular formula is C14H13FN4. The van der Waals surface area contributed by atoms with Crippen LogP contribution in [0, 0.1) is 12.7 Å². The molecule has 0 fully saturated rings. The zero-order valence-corrected chi connectivity index (χ0v) is 10.4. The van der Waals surface area contributed by atoms with Gasteiger partial charge in [0.15, 0.2) is 0 Å². The molecule has 0 aliphatic carbocycles. The average molecular weight is 256 g/mol. The summed E-state index contributed by atoms with van der Waals surface area (Å²) in [6.45, 7) is 1.72. The molecule has 96 valence electrons. The van der Waals surface area contributed by atoms with Crippen molar-refractivity contribution < 1.29 is 4.39 Å². The fourth-order valence-corrected chi connectivity index (χ4v) is 1.95. The first kappa shape index (κ1) is 11.5. The standard InChI is InChI=1S/C14H13FN4/c1-8-6-10(3-4-11(8)15)17-14-18-12-5-2-9(16)7-13(12)19-14/h2-7H,16H2,1H3,(H2,17,18,19). The maximum atomic E-state index is 13.2. The molecular weight excluding hydrogens is 243 g/mol. The number of rotatable bonds is 2. The Morgan fingerprint density at radius 3 is 2.84 bits per heavy atom. The summed E-state index contributed by atoms with van der Waals surface area (Å²) in [6.07, 6.45) is 0. The lowest BCUT2D eigenvalue weighted by molar-refractivity contribution is 0.619. The Morgan fingerprint density at radius 1 is 1.21 bits per heavy atom. The number of benzene rings is 2. The first-order chi connectivity index (χ1) is 9.11. The molecule has 0 atom stereocenters. The van der Waals surface area contributed by atoms with Crippen molar-refractivity contribution in [2.45, 2.75) is 6.92 Å². The van der Waals surface area contributed by atoms with Crippen LogP contribution in [-0.4, -0.2) is 9.97 Å². The van der Waals surface area contributed by atoms with E-state index in [1.807, 2.05) is 12.1 Å². The Labute approximate surface area is 109 Å². The molecule has 0 aliphatic heterocycles. The molecule has 0 unspecified atom stereocenters. The van der Waals surface area contributed by atoms with Gasteiger partial charge in [0.2, 0.25) is 5.95 Å². The second-order valence-electron chi connectivity index (χ2n) is 4.45. The van der Waals surface area contributed by atoms with Gasteiger partial charge >= 0.3 is 0 Å². The van der Waals surface area contributed by atoms with Gasteiger partial charge in [0, 0.05) is 11.4 Å². The lowest BCUT2D eigenvalue weighted by Crippen LogP contribution is -1.93. The van der Waals surface area contributed by atoms with Crippen molar-refractivity contribution in [3.05, 3.63) is 47.8 Å².